The maximum absolute atomic E-state index is 11.1. The molecule has 2 aromatic heterocycles. The number of hydrogen-bond acceptors (Lipinski definition) is 5. The van der Waals surface area contributed by atoms with Crippen LogP contribution in [-0.4, -0.2) is 26.0 Å². The number of ether oxygens (including phenoxy) is 1. The highest BCUT2D eigenvalue weighted by atomic mass is 16.5. The molecule has 0 saturated heterocycles. The number of aromatic nitrogens is 3. The summed E-state index contributed by atoms with van der Waals surface area (Å²) in [5.41, 5.74) is 0.400. The van der Waals surface area contributed by atoms with E-state index in [1.807, 2.05) is 18.2 Å². The molecule has 6 heteroatoms. The summed E-state index contributed by atoms with van der Waals surface area (Å²) in [4.78, 5) is 23.0. The third-order valence-electron chi connectivity index (χ3n) is 2.67. The standard InChI is InChI=1S/C14H9N3O3/c18-14(19)12-13(17-8-7-16-12)20-10-5-1-3-9-4-2-6-15-11(9)10/h1-8H,(H,18,19). The van der Waals surface area contributed by atoms with Gasteiger partial charge in [0.1, 0.15) is 5.52 Å². The van der Waals surface area contributed by atoms with E-state index in [4.69, 9.17) is 9.84 Å². The van der Waals surface area contributed by atoms with E-state index in [2.05, 4.69) is 15.0 Å². The molecule has 0 amide bonds. The Morgan fingerprint density at radius 1 is 1.00 bits per heavy atom. The maximum Gasteiger partial charge on any atom is 0.360 e. The highest BCUT2D eigenvalue weighted by Crippen LogP contribution is 2.28. The van der Waals surface area contributed by atoms with E-state index in [-0.39, 0.29) is 11.6 Å². The van der Waals surface area contributed by atoms with Crippen LogP contribution in [0.5, 0.6) is 11.6 Å². The Kier molecular flexibility index (Phi) is 2.96. The van der Waals surface area contributed by atoms with Crippen LogP contribution in [0.1, 0.15) is 10.5 Å². The normalized spacial score (nSPS) is 10.4. The minimum absolute atomic E-state index is 0.0573. The molecular formula is C14H9N3O3. The van der Waals surface area contributed by atoms with Gasteiger partial charge in [0.05, 0.1) is 0 Å². The zero-order chi connectivity index (χ0) is 13.9. The van der Waals surface area contributed by atoms with Crippen molar-refractivity contribution in [3.8, 4) is 11.6 Å². The second kappa shape index (κ2) is 4.93. The van der Waals surface area contributed by atoms with Crippen molar-refractivity contribution in [2.45, 2.75) is 0 Å². The molecule has 0 radical (unpaired) electrons. The number of nitrogens with zero attached hydrogens (tertiary/aromatic N) is 3. The summed E-state index contributed by atoms with van der Waals surface area (Å²) in [5, 5.41) is 9.95. The van der Waals surface area contributed by atoms with Crippen LogP contribution in [0.15, 0.2) is 48.9 Å². The third-order valence-corrected chi connectivity index (χ3v) is 2.67. The Morgan fingerprint density at radius 3 is 2.65 bits per heavy atom. The van der Waals surface area contributed by atoms with E-state index in [0.29, 0.717) is 11.3 Å². The molecule has 2 heterocycles. The zero-order valence-corrected chi connectivity index (χ0v) is 10.2. The monoisotopic (exact) mass is 267 g/mol. The van der Waals surface area contributed by atoms with E-state index in [1.54, 1.807) is 18.3 Å². The number of carbonyl (C=O) groups is 1. The molecule has 6 nitrogen and oxygen atoms in total. The summed E-state index contributed by atoms with van der Waals surface area (Å²) in [6.45, 7) is 0. The van der Waals surface area contributed by atoms with Crippen LogP contribution in [0, 0.1) is 0 Å². The topological polar surface area (TPSA) is 85.2 Å². The third kappa shape index (κ3) is 2.14. The zero-order valence-electron chi connectivity index (χ0n) is 10.2. The van der Waals surface area contributed by atoms with Gasteiger partial charge >= 0.3 is 5.97 Å². The smallest absolute Gasteiger partial charge is 0.360 e. The number of para-hydroxylation sites is 1. The van der Waals surface area contributed by atoms with Crippen LogP contribution < -0.4 is 4.74 Å². The van der Waals surface area contributed by atoms with Gasteiger partial charge in [-0.3, -0.25) is 4.98 Å². The predicted molar refractivity (Wildman–Crippen MR) is 70.8 cm³/mol. The Labute approximate surface area is 113 Å². The molecule has 0 fully saturated rings. The quantitative estimate of drug-likeness (QED) is 0.784. The van der Waals surface area contributed by atoms with E-state index >= 15 is 0 Å². The van der Waals surface area contributed by atoms with E-state index in [1.165, 1.54) is 12.4 Å². The second-order valence-corrected chi connectivity index (χ2v) is 3.95. The summed E-state index contributed by atoms with van der Waals surface area (Å²) in [6, 6.07) is 9.11. The molecule has 3 aromatic rings. The minimum atomic E-state index is -1.19. The van der Waals surface area contributed by atoms with Gasteiger partial charge in [-0.05, 0) is 12.1 Å². The SMILES string of the molecule is O=C(O)c1nccnc1Oc1cccc2cccnc12. The Hall–Kier alpha value is -3.02. The van der Waals surface area contributed by atoms with Crippen LogP contribution in [0.2, 0.25) is 0 Å². The van der Waals surface area contributed by atoms with Crippen LogP contribution in [0.25, 0.3) is 10.9 Å². The molecule has 0 saturated carbocycles. The summed E-state index contributed by atoms with van der Waals surface area (Å²) < 4.78 is 5.57. The highest BCUT2D eigenvalue weighted by Gasteiger charge is 2.15. The highest BCUT2D eigenvalue weighted by molar-refractivity contribution is 5.88. The predicted octanol–water partition coefficient (Wildman–Crippen LogP) is 2.52. The van der Waals surface area contributed by atoms with Crippen molar-refractivity contribution in [2.75, 3.05) is 0 Å². The van der Waals surface area contributed by atoms with Crippen molar-refractivity contribution < 1.29 is 14.6 Å². The molecule has 1 aromatic carbocycles. The van der Waals surface area contributed by atoms with Gasteiger partial charge in [0, 0.05) is 24.0 Å². The van der Waals surface area contributed by atoms with E-state index in [0.717, 1.165) is 5.39 Å². The van der Waals surface area contributed by atoms with Crippen LogP contribution in [-0.2, 0) is 0 Å². The fraction of sp³-hybridized carbons (Fsp3) is 0. The van der Waals surface area contributed by atoms with Gasteiger partial charge in [0.15, 0.2) is 5.75 Å². The summed E-state index contributed by atoms with van der Waals surface area (Å²) >= 11 is 0. The lowest BCUT2D eigenvalue weighted by Gasteiger charge is -2.08. The summed E-state index contributed by atoms with van der Waals surface area (Å²) in [6.07, 6.45) is 4.32. The number of pyridine rings is 1. The number of carboxylic acids is 1. The molecule has 0 aliphatic carbocycles. The van der Waals surface area contributed by atoms with Crippen molar-refractivity contribution in [3.05, 3.63) is 54.6 Å². The molecule has 0 aliphatic heterocycles. The number of fused-ring (bicyclic) bond motifs is 1. The lowest BCUT2D eigenvalue weighted by atomic mass is 10.2. The first kappa shape index (κ1) is 12.0. The molecule has 3 rings (SSSR count). The number of carboxylic acid groups (broad SMARTS) is 1. The summed E-state index contributed by atoms with van der Waals surface area (Å²) in [7, 11) is 0. The van der Waals surface area contributed by atoms with Crippen molar-refractivity contribution in [1.82, 2.24) is 15.0 Å². The lowest BCUT2D eigenvalue weighted by Crippen LogP contribution is -2.04. The van der Waals surface area contributed by atoms with E-state index < -0.39 is 5.97 Å². The van der Waals surface area contributed by atoms with E-state index in [9.17, 15) is 4.79 Å². The van der Waals surface area contributed by atoms with Gasteiger partial charge in [0.2, 0.25) is 5.69 Å². The first-order chi connectivity index (χ1) is 9.75. The van der Waals surface area contributed by atoms with Crippen LogP contribution in [0.3, 0.4) is 0 Å². The number of benzene rings is 1. The molecular weight excluding hydrogens is 258 g/mol. The molecule has 0 bridgehead atoms. The van der Waals surface area contributed by atoms with Gasteiger partial charge in [-0.2, -0.15) is 0 Å². The first-order valence-corrected chi connectivity index (χ1v) is 5.81. The number of rotatable bonds is 3. The average molecular weight is 267 g/mol. The lowest BCUT2D eigenvalue weighted by molar-refractivity contribution is 0.0686. The summed E-state index contributed by atoms with van der Waals surface area (Å²) in [5.74, 6) is -0.814. The fourth-order valence-electron chi connectivity index (χ4n) is 1.81. The Balaban J connectivity index is 2.08. The fourth-order valence-corrected chi connectivity index (χ4v) is 1.81. The van der Waals surface area contributed by atoms with Crippen LogP contribution in [0.4, 0.5) is 0 Å². The van der Waals surface area contributed by atoms with Gasteiger partial charge < -0.3 is 9.84 Å². The molecule has 0 atom stereocenters. The molecule has 0 spiro atoms. The van der Waals surface area contributed by atoms with Crippen molar-refractivity contribution in [1.29, 1.82) is 0 Å². The average Bonchev–Trinajstić information content (AvgIpc) is 2.48. The molecule has 1 N–H and O–H groups in total. The van der Waals surface area contributed by atoms with Crippen molar-refractivity contribution >= 4 is 16.9 Å². The largest absolute Gasteiger partial charge is 0.476 e. The van der Waals surface area contributed by atoms with Crippen molar-refractivity contribution in [2.24, 2.45) is 0 Å². The van der Waals surface area contributed by atoms with Gasteiger partial charge in [-0.15, -0.1) is 0 Å². The molecule has 0 unspecified atom stereocenters. The van der Waals surface area contributed by atoms with Crippen molar-refractivity contribution in [3.63, 3.8) is 0 Å². The van der Waals surface area contributed by atoms with Crippen LogP contribution >= 0.6 is 0 Å². The van der Waals surface area contributed by atoms with Gasteiger partial charge in [0.25, 0.3) is 5.88 Å². The molecule has 98 valence electrons. The molecule has 0 aliphatic rings. The van der Waals surface area contributed by atoms with Gasteiger partial charge in [-0.25, -0.2) is 14.8 Å². The Morgan fingerprint density at radius 2 is 1.80 bits per heavy atom. The number of hydrogen-bond donors (Lipinski definition) is 1. The Bertz CT molecular complexity index is 784. The first-order valence-electron chi connectivity index (χ1n) is 5.81. The minimum Gasteiger partial charge on any atom is -0.476 e. The van der Waals surface area contributed by atoms with Gasteiger partial charge in [-0.1, -0.05) is 18.2 Å². The second-order valence-electron chi connectivity index (χ2n) is 3.95. The maximum atomic E-state index is 11.1. The number of aromatic carboxylic acids is 1. The molecule has 20 heavy (non-hydrogen) atoms.